The van der Waals surface area contributed by atoms with Crippen LogP contribution >= 0.6 is 0 Å². The molecule has 2 rings (SSSR count). The second-order valence-electron chi connectivity index (χ2n) is 3.99. The van der Waals surface area contributed by atoms with Crippen LogP contribution in [0.15, 0.2) is 48.5 Å². The molecule has 0 aliphatic rings. The van der Waals surface area contributed by atoms with E-state index in [1.54, 1.807) is 13.0 Å². The van der Waals surface area contributed by atoms with E-state index in [9.17, 15) is 10.1 Å². The van der Waals surface area contributed by atoms with E-state index >= 15 is 0 Å². The summed E-state index contributed by atoms with van der Waals surface area (Å²) in [6.07, 6.45) is 3.85. The van der Waals surface area contributed by atoms with Gasteiger partial charge in [-0.3, -0.25) is 10.1 Å². The zero-order chi connectivity index (χ0) is 13.0. The highest BCUT2D eigenvalue weighted by Crippen LogP contribution is 2.22. The third-order valence-corrected chi connectivity index (χ3v) is 2.80. The van der Waals surface area contributed by atoms with E-state index in [2.05, 4.69) is 0 Å². The van der Waals surface area contributed by atoms with E-state index in [4.69, 9.17) is 0 Å². The molecule has 0 atom stereocenters. The first-order chi connectivity index (χ1) is 8.68. The highest BCUT2D eigenvalue weighted by Gasteiger charge is 2.11. The van der Waals surface area contributed by atoms with Crippen molar-refractivity contribution < 1.29 is 4.92 Å². The van der Waals surface area contributed by atoms with Crippen molar-refractivity contribution in [3.05, 3.63) is 75.3 Å². The van der Waals surface area contributed by atoms with E-state index < -0.39 is 0 Å². The molecule has 0 unspecified atom stereocenters. The molecule has 0 spiro atoms. The molecule has 2 aromatic rings. The Kier molecular flexibility index (Phi) is 3.53. The van der Waals surface area contributed by atoms with Gasteiger partial charge < -0.3 is 0 Å². The Morgan fingerprint density at radius 1 is 1.00 bits per heavy atom. The number of nitrogens with zero attached hydrogens (tertiary/aromatic N) is 1. The Bertz CT molecular complexity index is 589. The summed E-state index contributed by atoms with van der Waals surface area (Å²) in [6.45, 7) is 1.77. The molecule has 0 saturated carbocycles. The molecule has 0 heterocycles. The van der Waals surface area contributed by atoms with Crippen molar-refractivity contribution in [1.82, 2.24) is 0 Å². The van der Waals surface area contributed by atoms with Gasteiger partial charge in [0.1, 0.15) is 0 Å². The second-order valence-corrected chi connectivity index (χ2v) is 3.99. The third kappa shape index (κ3) is 2.63. The largest absolute Gasteiger partial charge is 0.272 e. The highest BCUT2D eigenvalue weighted by molar-refractivity contribution is 5.72. The number of nitro groups is 1. The van der Waals surface area contributed by atoms with Crippen LogP contribution in [0.3, 0.4) is 0 Å². The predicted octanol–water partition coefficient (Wildman–Crippen LogP) is 4.07. The van der Waals surface area contributed by atoms with Crippen molar-refractivity contribution in [2.45, 2.75) is 6.92 Å². The predicted molar refractivity (Wildman–Crippen MR) is 73.2 cm³/mol. The summed E-state index contributed by atoms with van der Waals surface area (Å²) in [5.41, 5.74) is 2.79. The Hall–Kier alpha value is -2.42. The molecule has 0 bridgehead atoms. The van der Waals surface area contributed by atoms with Gasteiger partial charge in [0.25, 0.3) is 5.69 Å². The van der Waals surface area contributed by atoms with Gasteiger partial charge in [0.15, 0.2) is 0 Å². The number of benzene rings is 2. The first-order valence-electron chi connectivity index (χ1n) is 5.65. The van der Waals surface area contributed by atoms with Gasteiger partial charge in [0, 0.05) is 11.6 Å². The van der Waals surface area contributed by atoms with E-state index in [-0.39, 0.29) is 10.6 Å². The van der Waals surface area contributed by atoms with Crippen molar-refractivity contribution >= 4 is 17.8 Å². The normalized spacial score (nSPS) is 10.7. The van der Waals surface area contributed by atoms with Crippen LogP contribution in [-0.2, 0) is 0 Å². The molecule has 0 radical (unpaired) electrons. The SMILES string of the molecule is Cc1c(C=Cc2ccccc2)cccc1[N+](=O)[O-]. The molecule has 3 heteroatoms. The molecule has 90 valence electrons. The molecular weight excluding hydrogens is 226 g/mol. The van der Waals surface area contributed by atoms with Gasteiger partial charge in [-0.25, -0.2) is 0 Å². The summed E-state index contributed by atoms with van der Waals surface area (Å²) in [5.74, 6) is 0. The molecule has 0 aliphatic carbocycles. The van der Waals surface area contributed by atoms with E-state index in [0.29, 0.717) is 5.56 Å². The molecule has 0 aromatic heterocycles. The zero-order valence-electron chi connectivity index (χ0n) is 10.0. The summed E-state index contributed by atoms with van der Waals surface area (Å²) in [7, 11) is 0. The monoisotopic (exact) mass is 239 g/mol. The van der Waals surface area contributed by atoms with Gasteiger partial charge in [-0.05, 0) is 18.1 Å². The van der Waals surface area contributed by atoms with Crippen LogP contribution in [0.5, 0.6) is 0 Å². The smallest absolute Gasteiger partial charge is 0.258 e. The molecular formula is C15H13NO2. The number of nitro benzene ring substituents is 1. The van der Waals surface area contributed by atoms with Gasteiger partial charge in [-0.1, -0.05) is 54.6 Å². The molecule has 0 amide bonds. The van der Waals surface area contributed by atoms with Gasteiger partial charge in [-0.2, -0.15) is 0 Å². The summed E-state index contributed by atoms with van der Waals surface area (Å²) in [4.78, 5) is 10.5. The maximum Gasteiger partial charge on any atom is 0.272 e. The number of hydrogen-bond acceptors (Lipinski definition) is 2. The first kappa shape index (κ1) is 12.0. The zero-order valence-corrected chi connectivity index (χ0v) is 10.0. The topological polar surface area (TPSA) is 43.1 Å². The van der Waals surface area contributed by atoms with Crippen molar-refractivity contribution in [3.8, 4) is 0 Å². The van der Waals surface area contributed by atoms with Gasteiger partial charge >= 0.3 is 0 Å². The lowest BCUT2D eigenvalue weighted by molar-refractivity contribution is -0.385. The second kappa shape index (κ2) is 5.27. The molecule has 3 nitrogen and oxygen atoms in total. The van der Waals surface area contributed by atoms with E-state index in [0.717, 1.165) is 11.1 Å². The number of hydrogen-bond donors (Lipinski definition) is 0. The van der Waals surface area contributed by atoms with Crippen LogP contribution < -0.4 is 0 Å². The average Bonchev–Trinajstić information content (AvgIpc) is 2.38. The van der Waals surface area contributed by atoms with Crippen molar-refractivity contribution in [2.75, 3.05) is 0 Å². The Morgan fingerprint density at radius 3 is 2.39 bits per heavy atom. The fourth-order valence-electron chi connectivity index (χ4n) is 1.77. The first-order valence-corrected chi connectivity index (χ1v) is 5.65. The summed E-state index contributed by atoms with van der Waals surface area (Å²) in [5, 5.41) is 10.8. The van der Waals surface area contributed by atoms with Crippen LogP contribution in [0.1, 0.15) is 16.7 Å². The van der Waals surface area contributed by atoms with Gasteiger partial charge in [0.05, 0.1) is 4.92 Å². The highest BCUT2D eigenvalue weighted by atomic mass is 16.6. The lowest BCUT2D eigenvalue weighted by atomic mass is 10.1. The summed E-state index contributed by atoms with van der Waals surface area (Å²) in [6, 6.07) is 15.0. The minimum absolute atomic E-state index is 0.158. The molecule has 0 fully saturated rings. The molecule has 18 heavy (non-hydrogen) atoms. The van der Waals surface area contributed by atoms with E-state index in [1.807, 2.05) is 48.6 Å². The minimum atomic E-state index is -0.352. The maximum absolute atomic E-state index is 10.8. The lowest BCUT2D eigenvalue weighted by Crippen LogP contribution is -1.92. The van der Waals surface area contributed by atoms with Crippen LogP contribution in [0.25, 0.3) is 12.2 Å². The third-order valence-electron chi connectivity index (χ3n) is 2.80. The van der Waals surface area contributed by atoms with E-state index in [1.165, 1.54) is 6.07 Å². The maximum atomic E-state index is 10.8. The Labute approximate surface area is 106 Å². The van der Waals surface area contributed by atoms with Crippen LogP contribution in [-0.4, -0.2) is 4.92 Å². The molecule has 0 saturated heterocycles. The standard InChI is InChI=1S/C15H13NO2/c1-12-14(8-5-9-15(12)16(17)18)11-10-13-6-3-2-4-7-13/h2-11H,1H3. The minimum Gasteiger partial charge on any atom is -0.258 e. The van der Waals surface area contributed by atoms with Gasteiger partial charge in [-0.15, -0.1) is 0 Å². The fourth-order valence-corrected chi connectivity index (χ4v) is 1.77. The van der Waals surface area contributed by atoms with Crippen LogP contribution in [0.4, 0.5) is 5.69 Å². The average molecular weight is 239 g/mol. The molecule has 2 aromatic carbocycles. The molecule has 0 aliphatic heterocycles. The molecule has 0 N–H and O–H groups in total. The lowest BCUT2D eigenvalue weighted by Gasteiger charge is -2.01. The fraction of sp³-hybridized carbons (Fsp3) is 0.0667. The van der Waals surface area contributed by atoms with Crippen molar-refractivity contribution in [3.63, 3.8) is 0 Å². The van der Waals surface area contributed by atoms with Crippen LogP contribution in [0.2, 0.25) is 0 Å². The Balaban J connectivity index is 2.33. The Morgan fingerprint density at radius 2 is 1.72 bits per heavy atom. The number of rotatable bonds is 3. The summed E-state index contributed by atoms with van der Waals surface area (Å²) >= 11 is 0. The van der Waals surface area contributed by atoms with Crippen molar-refractivity contribution in [1.29, 1.82) is 0 Å². The van der Waals surface area contributed by atoms with Crippen LogP contribution in [0, 0.1) is 17.0 Å². The van der Waals surface area contributed by atoms with Crippen molar-refractivity contribution in [2.24, 2.45) is 0 Å². The summed E-state index contributed by atoms with van der Waals surface area (Å²) < 4.78 is 0. The quantitative estimate of drug-likeness (QED) is 0.460. The van der Waals surface area contributed by atoms with Gasteiger partial charge in [0.2, 0.25) is 0 Å².